The Balaban J connectivity index is 2.06. The Labute approximate surface area is 160 Å². The summed E-state index contributed by atoms with van der Waals surface area (Å²) < 4.78 is 5.81. The number of benzene rings is 1. The Morgan fingerprint density at radius 3 is 2.54 bits per heavy atom. The zero-order chi connectivity index (χ0) is 18.8. The van der Waals surface area contributed by atoms with E-state index in [1.165, 1.54) is 0 Å². The summed E-state index contributed by atoms with van der Waals surface area (Å²) in [5.41, 5.74) is 1.38. The minimum absolute atomic E-state index is 0.220. The maximum absolute atomic E-state index is 11.1. The molecule has 0 aliphatic heterocycles. The van der Waals surface area contributed by atoms with Gasteiger partial charge in [0.2, 0.25) is 11.8 Å². The fourth-order valence-corrected chi connectivity index (χ4v) is 2.60. The summed E-state index contributed by atoms with van der Waals surface area (Å²) in [6, 6.07) is 5.04. The van der Waals surface area contributed by atoms with E-state index in [9.17, 15) is 9.90 Å². The third-order valence-electron chi connectivity index (χ3n) is 3.50. The highest BCUT2D eigenvalue weighted by Crippen LogP contribution is 2.33. The summed E-state index contributed by atoms with van der Waals surface area (Å²) in [6.07, 6.45) is 2.74. The van der Waals surface area contributed by atoms with Gasteiger partial charge < -0.3 is 19.2 Å². The number of aromatic nitrogens is 3. The second-order valence-electron chi connectivity index (χ2n) is 5.68. The van der Waals surface area contributed by atoms with Crippen molar-refractivity contribution in [2.24, 2.45) is 0 Å². The lowest BCUT2D eigenvalue weighted by Crippen LogP contribution is -2.24. The molecule has 0 fully saturated rings. The number of carbonyl (C=O) groups is 1. The van der Waals surface area contributed by atoms with Gasteiger partial charge in [0.1, 0.15) is 0 Å². The van der Waals surface area contributed by atoms with Gasteiger partial charge in [-0.05, 0) is 18.2 Å². The van der Waals surface area contributed by atoms with Crippen molar-refractivity contribution in [1.82, 2.24) is 15.0 Å². The van der Waals surface area contributed by atoms with Crippen LogP contribution in [-0.4, -0.2) is 35.0 Å². The van der Waals surface area contributed by atoms with Crippen LogP contribution in [0.15, 0.2) is 39.9 Å². The molecule has 134 valence electrons. The second-order valence-corrected chi connectivity index (χ2v) is 6.56. The molecule has 3 aromatic rings. The van der Waals surface area contributed by atoms with Gasteiger partial charge in [0.05, 0.1) is 16.3 Å². The molecule has 0 bridgehead atoms. The minimum Gasteiger partial charge on any atom is -0.550 e. The van der Waals surface area contributed by atoms with Crippen LogP contribution in [0.25, 0.3) is 22.8 Å². The Bertz CT molecular complexity index is 957. The van der Waals surface area contributed by atoms with Crippen LogP contribution in [0.4, 0.5) is 5.95 Å². The fraction of sp³-hybridized carbons (Fsp3) is 0.176. The number of hydrogen-bond acceptors (Lipinski definition) is 8. The summed E-state index contributed by atoms with van der Waals surface area (Å²) in [6.45, 7) is 0. The minimum atomic E-state index is -1.26. The molecule has 7 nitrogen and oxygen atoms in total. The van der Waals surface area contributed by atoms with E-state index in [-0.39, 0.29) is 18.0 Å². The number of hydrogen-bond donors (Lipinski definition) is 1. The zero-order valence-electron chi connectivity index (χ0n) is 13.9. The summed E-state index contributed by atoms with van der Waals surface area (Å²) in [4.78, 5) is 26.1. The van der Waals surface area contributed by atoms with Crippen LogP contribution in [0.5, 0.6) is 0 Å². The van der Waals surface area contributed by atoms with Crippen molar-refractivity contribution in [3.8, 4) is 22.8 Å². The predicted octanol–water partition coefficient (Wildman–Crippen LogP) is 2.10. The van der Waals surface area contributed by atoms with Gasteiger partial charge in [-0.2, -0.15) is 0 Å². The average Bonchev–Trinajstić information content (AvgIpc) is 3.00. The number of thiol groups is 1. The van der Waals surface area contributed by atoms with Crippen LogP contribution in [0.2, 0.25) is 5.02 Å². The number of halogens is 1. The number of aliphatic carboxylic acids is 1. The molecule has 0 aliphatic rings. The van der Waals surface area contributed by atoms with Crippen molar-refractivity contribution >= 4 is 36.1 Å². The van der Waals surface area contributed by atoms with Crippen LogP contribution >= 0.6 is 24.2 Å². The lowest BCUT2D eigenvalue weighted by Gasteiger charge is -2.08. The molecule has 0 atom stereocenters. The van der Waals surface area contributed by atoms with Crippen LogP contribution in [-0.2, 0) is 11.2 Å². The third-order valence-corrected chi connectivity index (χ3v) is 4.33. The van der Waals surface area contributed by atoms with E-state index in [4.69, 9.17) is 16.0 Å². The van der Waals surface area contributed by atoms with Gasteiger partial charge in [0.25, 0.3) is 0 Å². The number of anilines is 1. The smallest absolute Gasteiger partial charge is 0.230 e. The number of carbonyl (C=O) groups excluding carboxylic acids is 1. The molecule has 0 aliphatic carbocycles. The number of oxazole rings is 1. The quantitative estimate of drug-likeness (QED) is 0.667. The second kappa shape index (κ2) is 7.35. The molecule has 2 aromatic heterocycles. The zero-order valence-corrected chi connectivity index (χ0v) is 15.6. The normalized spacial score (nSPS) is 10.8. The molecule has 0 N–H and O–H groups in total. The number of carboxylic acid groups (broad SMARTS) is 1. The van der Waals surface area contributed by atoms with E-state index in [0.717, 1.165) is 0 Å². The molecule has 0 saturated carbocycles. The van der Waals surface area contributed by atoms with E-state index < -0.39 is 5.97 Å². The Hall–Kier alpha value is -2.58. The van der Waals surface area contributed by atoms with Crippen molar-refractivity contribution in [3.05, 3.63) is 41.3 Å². The van der Waals surface area contributed by atoms with Crippen LogP contribution in [0, 0.1) is 0 Å². The SMILES string of the molecule is CN(C)c1ncc(-c2nc(CC(=O)[O-])c(-c3ccc(Cl)c(S)c3)o2)cn1. The molecule has 9 heteroatoms. The standard InChI is InChI=1S/C17H15ClN4O3S/c1-22(2)17-19-7-10(8-20-17)16-21-12(6-14(23)24)15(25-16)9-3-4-11(18)13(26)5-9/h3-5,7-8,26H,6H2,1-2H3,(H,23,24)/p-1. The molecule has 0 unspecified atom stereocenters. The summed E-state index contributed by atoms with van der Waals surface area (Å²) >= 11 is 10.3. The van der Waals surface area contributed by atoms with Gasteiger partial charge >= 0.3 is 0 Å². The van der Waals surface area contributed by atoms with Gasteiger partial charge in [-0.15, -0.1) is 12.6 Å². The molecule has 0 amide bonds. The first-order valence-corrected chi connectivity index (χ1v) is 8.36. The van der Waals surface area contributed by atoms with Crippen molar-refractivity contribution in [1.29, 1.82) is 0 Å². The average molecular weight is 390 g/mol. The number of rotatable bonds is 5. The van der Waals surface area contributed by atoms with Gasteiger partial charge in [0, 0.05) is 49.3 Å². The lowest BCUT2D eigenvalue weighted by atomic mass is 10.1. The summed E-state index contributed by atoms with van der Waals surface area (Å²) in [5, 5.41) is 11.6. The van der Waals surface area contributed by atoms with Gasteiger partial charge in [-0.1, -0.05) is 11.6 Å². The van der Waals surface area contributed by atoms with E-state index in [2.05, 4.69) is 27.6 Å². The molecular weight excluding hydrogens is 376 g/mol. The topological polar surface area (TPSA) is 95.2 Å². The molecule has 3 rings (SSSR count). The largest absolute Gasteiger partial charge is 0.550 e. The first-order valence-electron chi connectivity index (χ1n) is 7.53. The van der Waals surface area contributed by atoms with Gasteiger partial charge in [-0.3, -0.25) is 0 Å². The van der Waals surface area contributed by atoms with Crippen LogP contribution < -0.4 is 10.0 Å². The maximum atomic E-state index is 11.1. The van der Waals surface area contributed by atoms with Crippen LogP contribution in [0.1, 0.15) is 5.69 Å². The van der Waals surface area contributed by atoms with E-state index in [1.807, 2.05) is 14.1 Å². The summed E-state index contributed by atoms with van der Waals surface area (Å²) in [5.74, 6) is -0.191. The molecule has 1 aromatic carbocycles. The maximum Gasteiger partial charge on any atom is 0.230 e. The van der Waals surface area contributed by atoms with Gasteiger partial charge in [0.15, 0.2) is 5.76 Å². The highest BCUT2D eigenvalue weighted by molar-refractivity contribution is 7.80. The Kier molecular flexibility index (Phi) is 5.15. The number of nitrogens with zero attached hydrogens (tertiary/aromatic N) is 4. The van der Waals surface area contributed by atoms with E-state index in [1.54, 1.807) is 35.5 Å². The predicted molar refractivity (Wildman–Crippen MR) is 98.3 cm³/mol. The highest BCUT2D eigenvalue weighted by Gasteiger charge is 2.18. The third kappa shape index (κ3) is 3.81. The fourth-order valence-electron chi connectivity index (χ4n) is 2.27. The van der Waals surface area contributed by atoms with Crippen LogP contribution in [0.3, 0.4) is 0 Å². The molecular formula is C17H14ClN4O3S-. The Morgan fingerprint density at radius 2 is 1.96 bits per heavy atom. The number of carboxylic acids is 1. The summed E-state index contributed by atoms with van der Waals surface area (Å²) in [7, 11) is 3.65. The molecule has 26 heavy (non-hydrogen) atoms. The van der Waals surface area contributed by atoms with Crippen molar-refractivity contribution in [2.75, 3.05) is 19.0 Å². The van der Waals surface area contributed by atoms with E-state index in [0.29, 0.717) is 32.8 Å². The van der Waals surface area contributed by atoms with Crippen molar-refractivity contribution in [2.45, 2.75) is 11.3 Å². The van der Waals surface area contributed by atoms with Gasteiger partial charge in [-0.25, -0.2) is 15.0 Å². The molecule has 0 saturated heterocycles. The Morgan fingerprint density at radius 1 is 1.27 bits per heavy atom. The molecule has 2 heterocycles. The molecule has 0 radical (unpaired) electrons. The first kappa shape index (κ1) is 18.2. The van der Waals surface area contributed by atoms with Crippen molar-refractivity contribution < 1.29 is 14.3 Å². The molecule has 0 spiro atoms. The van der Waals surface area contributed by atoms with Crippen molar-refractivity contribution in [3.63, 3.8) is 0 Å². The first-order chi connectivity index (χ1) is 12.3. The monoisotopic (exact) mass is 389 g/mol. The van der Waals surface area contributed by atoms with E-state index >= 15 is 0 Å². The lowest BCUT2D eigenvalue weighted by molar-refractivity contribution is -0.304. The highest BCUT2D eigenvalue weighted by atomic mass is 35.5.